The maximum atomic E-state index is 14.1. The Morgan fingerprint density at radius 3 is 1.06 bits per heavy atom. The summed E-state index contributed by atoms with van der Waals surface area (Å²) in [4.78, 5) is 0. The fourth-order valence-corrected chi connectivity index (χ4v) is 10.4. The van der Waals surface area contributed by atoms with E-state index in [-0.39, 0.29) is 12.8 Å². The van der Waals surface area contributed by atoms with Gasteiger partial charge in [-0.3, -0.25) is 0 Å². The van der Waals surface area contributed by atoms with Crippen molar-refractivity contribution in [3.05, 3.63) is 0 Å². The van der Waals surface area contributed by atoms with Gasteiger partial charge in [-0.25, -0.2) is 0 Å². The largest absolute Gasteiger partial charge is 0.500 e. The summed E-state index contributed by atoms with van der Waals surface area (Å²) in [5.41, 5.74) is 0. The van der Waals surface area contributed by atoms with Crippen LogP contribution >= 0.6 is 0 Å². The molecule has 0 aliphatic carbocycles. The van der Waals surface area contributed by atoms with Gasteiger partial charge in [-0.15, -0.1) is 0 Å². The molecular weight excluding hydrogens is 851 g/mol. The maximum Gasteiger partial charge on any atom is 0.500 e. The third-order valence-corrected chi connectivity index (χ3v) is 15.1. The van der Waals surface area contributed by atoms with E-state index in [0.29, 0.717) is 31.0 Å². The second-order valence-electron chi connectivity index (χ2n) is 11.4. The average molecular weight is 887 g/mol. The normalized spacial score (nSPS) is 15.7. The van der Waals surface area contributed by atoms with Gasteiger partial charge in [0.25, 0.3) is 0 Å². The van der Waals surface area contributed by atoms with Gasteiger partial charge in [-0.1, -0.05) is 19.3 Å². The number of hydrogen-bond donors (Lipinski definition) is 0. The number of unbranched alkanes of at least 4 members (excludes halogenated alkanes) is 3. The highest BCUT2D eigenvalue weighted by atomic mass is 28.4. The summed E-state index contributed by atoms with van der Waals surface area (Å²) in [6, 6.07) is 1.05. The molecule has 0 aromatic rings. The lowest BCUT2D eigenvalue weighted by atomic mass is 9.86. The maximum absolute atomic E-state index is 14.1. The Morgan fingerprint density at radius 1 is 0.352 bits per heavy atom. The standard InChI is InChI=1S/C25H35F21O6Si2/c1-47-53(48-2,14-15-54(49-3,50-4)51-5)13-9-7-6-8-11-52-12-10-16(26,27)17(28,29)18(30,31)19(32,33)20(34,35)21(36,37)22(38,39)23(40,41)24(42,43)25(44,45)46/h6-15H2,1-5H3. The third kappa shape index (κ3) is 9.36. The van der Waals surface area contributed by atoms with E-state index in [1.165, 1.54) is 35.5 Å². The molecular formula is C25H35F21O6Si2. The molecule has 0 saturated carbocycles. The molecule has 6 nitrogen and oxygen atoms in total. The van der Waals surface area contributed by atoms with Crippen LogP contribution < -0.4 is 0 Å². The zero-order valence-electron chi connectivity index (χ0n) is 28.5. The molecule has 0 amide bonds. The van der Waals surface area contributed by atoms with Gasteiger partial charge in [0.2, 0.25) is 0 Å². The van der Waals surface area contributed by atoms with Crippen molar-refractivity contribution in [3.8, 4) is 0 Å². The average Bonchev–Trinajstić information content (AvgIpc) is 3.06. The van der Waals surface area contributed by atoms with Gasteiger partial charge in [-0.05, 0) is 18.5 Å². The van der Waals surface area contributed by atoms with Crippen molar-refractivity contribution < 1.29 is 119 Å². The fraction of sp³-hybridized carbons (Fsp3) is 1.00. The van der Waals surface area contributed by atoms with Crippen molar-refractivity contribution in [3.63, 3.8) is 0 Å². The topological polar surface area (TPSA) is 55.4 Å². The van der Waals surface area contributed by atoms with Crippen LogP contribution in [-0.2, 0) is 26.9 Å². The zero-order valence-corrected chi connectivity index (χ0v) is 30.5. The minimum Gasteiger partial charge on any atom is -0.398 e. The van der Waals surface area contributed by atoms with Crippen LogP contribution in [0.3, 0.4) is 0 Å². The van der Waals surface area contributed by atoms with Crippen molar-refractivity contribution in [1.29, 1.82) is 0 Å². The molecule has 0 rings (SSSR count). The Labute approximate surface area is 295 Å². The Bertz CT molecular complexity index is 1160. The summed E-state index contributed by atoms with van der Waals surface area (Å²) in [5, 5.41) is 0. The van der Waals surface area contributed by atoms with E-state index in [0.717, 1.165) is 0 Å². The van der Waals surface area contributed by atoms with Gasteiger partial charge in [0.15, 0.2) is 0 Å². The molecule has 0 radical (unpaired) electrons. The minimum atomic E-state index is -9.19. The van der Waals surface area contributed by atoms with Gasteiger partial charge >= 0.3 is 76.8 Å². The molecule has 0 N–H and O–H groups in total. The van der Waals surface area contributed by atoms with Crippen LogP contribution in [-0.4, -0.2) is 126 Å². The van der Waals surface area contributed by atoms with E-state index >= 15 is 0 Å². The molecule has 54 heavy (non-hydrogen) atoms. The number of rotatable bonds is 26. The summed E-state index contributed by atoms with van der Waals surface area (Å²) >= 11 is 0. The lowest BCUT2D eigenvalue weighted by molar-refractivity contribution is -0.474. The molecule has 0 aromatic carbocycles. The first-order valence-electron chi connectivity index (χ1n) is 14.8. The van der Waals surface area contributed by atoms with Gasteiger partial charge < -0.3 is 26.9 Å². The summed E-state index contributed by atoms with van der Waals surface area (Å²) < 4.78 is 315. The Kier molecular flexibility index (Phi) is 17.3. The number of hydrogen-bond acceptors (Lipinski definition) is 6. The Morgan fingerprint density at radius 2 is 0.704 bits per heavy atom. The van der Waals surface area contributed by atoms with Crippen LogP contribution in [0.1, 0.15) is 32.1 Å². The molecule has 0 heterocycles. The van der Waals surface area contributed by atoms with E-state index in [2.05, 4.69) is 4.74 Å². The van der Waals surface area contributed by atoms with Crippen molar-refractivity contribution in [1.82, 2.24) is 0 Å². The van der Waals surface area contributed by atoms with E-state index < -0.39 is 96.5 Å². The van der Waals surface area contributed by atoms with Gasteiger partial charge in [-0.2, -0.15) is 92.2 Å². The van der Waals surface area contributed by atoms with Crippen molar-refractivity contribution in [2.24, 2.45) is 0 Å². The smallest absolute Gasteiger partial charge is 0.398 e. The van der Waals surface area contributed by atoms with E-state index in [1.807, 2.05) is 0 Å². The van der Waals surface area contributed by atoms with Crippen molar-refractivity contribution in [2.75, 3.05) is 48.8 Å². The molecule has 0 spiro atoms. The van der Waals surface area contributed by atoms with Gasteiger partial charge in [0.1, 0.15) is 0 Å². The lowest BCUT2D eigenvalue weighted by Crippen LogP contribution is -2.76. The number of halogens is 21. The second kappa shape index (κ2) is 17.7. The summed E-state index contributed by atoms with van der Waals surface area (Å²) in [6.45, 7) is -2.38. The summed E-state index contributed by atoms with van der Waals surface area (Å²) in [5.74, 6) is -77.0. The first-order chi connectivity index (χ1) is 24.0. The molecule has 0 aromatic heterocycles. The molecule has 0 saturated heterocycles. The molecule has 326 valence electrons. The quantitative estimate of drug-likeness (QED) is 0.0490. The molecule has 0 aliphatic rings. The van der Waals surface area contributed by atoms with Crippen molar-refractivity contribution in [2.45, 2.75) is 110 Å². The first kappa shape index (κ1) is 52.7. The Balaban J connectivity index is 5.65. The van der Waals surface area contributed by atoms with Crippen LogP contribution in [0.25, 0.3) is 0 Å². The van der Waals surface area contributed by atoms with Crippen LogP contribution in [0.4, 0.5) is 92.2 Å². The first-order valence-corrected chi connectivity index (χ1v) is 18.9. The number of ether oxygens (including phenoxy) is 1. The van der Waals surface area contributed by atoms with E-state index in [1.54, 1.807) is 0 Å². The Hall–Kier alpha value is -1.28. The van der Waals surface area contributed by atoms with Gasteiger partial charge in [0.05, 0.1) is 6.61 Å². The minimum absolute atomic E-state index is 0.0642. The summed E-state index contributed by atoms with van der Waals surface area (Å²) in [7, 11) is 1.06. The number of alkyl halides is 21. The molecule has 0 aliphatic heterocycles. The van der Waals surface area contributed by atoms with Crippen LogP contribution in [0.2, 0.25) is 18.1 Å². The molecule has 0 atom stereocenters. The predicted octanol–water partition coefficient (Wildman–Crippen LogP) is 9.85. The highest BCUT2D eigenvalue weighted by Gasteiger charge is 2.97. The lowest BCUT2D eigenvalue weighted by Gasteiger charge is -2.44. The van der Waals surface area contributed by atoms with Crippen LogP contribution in [0, 0.1) is 0 Å². The second-order valence-corrected chi connectivity index (χ2v) is 18.2. The van der Waals surface area contributed by atoms with Gasteiger partial charge in [0, 0.05) is 54.6 Å². The molecule has 29 heteroatoms. The third-order valence-electron chi connectivity index (χ3n) is 8.22. The van der Waals surface area contributed by atoms with E-state index in [4.69, 9.17) is 22.1 Å². The molecule has 0 fully saturated rings. The highest BCUT2D eigenvalue weighted by Crippen LogP contribution is 2.66. The SMILES string of the molecule is CO[Si](CCCCCCOCCC(F)(F)C(F)(F)C(F)(F)C(F)(F)C(F)(F)C(F)(F)C(F)(F)C(F)(F)C(F)(F)C(F)(F)F)(CC[Si](OC)(OC)OC)OC. The van der Waals surface area contributed by atoms with Crippen molar-refractivity contribution >= 4 is 17.4 Å². The summed E-state index contributed by atoms with van der Waals surface area (Å²) in [6.07, 6.45) is -9.88. The monoisotopic (exact) mass is 886 g/mol. The highest BCUT2D eigenvalue weighted by molar-refractivity contribution is 6.70. The molecule has 0 bridgehead atoms. The van der Waals surface area contributed by atoms with E-state index in [9.17, 15) is 92.2 Å². The van der Waals surface area contributed by atoms with Crippen LogP contribution in [0.5, 0.6) is 0 Å². The zero-order chi connectivity index (χ0) is 43.3. The predicted molar refractivity (Wildman–Crippen MR) is 145 cm³/mol. The van der Waals surface area contributed by atoms with Crippen LogP contribution in [0.15, 0.2) is 0 Å². The molecule has 0 unspecified atom stereocenters. The fourth-order valence-electron chi connectivity index (χ4n) is 4.52.